The molecule has 138 valence electrons. The summed E-state index contributed by atoms with van der Waals surface area (Å²) in [6.45, 7) is 0. The molecule has 0 aliphatic heterocycles. The minimum Gasteiger partial charge on any atom is -0.459 e. The fourth-order valence-electron chi connectivity index (χ4n) is 2.52. The molecule has 2 heterocycles. The zero-order valence-electron chi connectivity index (χ0n) is 14.6. The highest BCUT2D eigenvalue weighted by atomic mass is 32.1. The summed E-state index contributed by atoms with van der Waals surface area (Å²) >= 11 is 1.42. The fourth-order valence-corrected chi connectivity index (χ4v) is 3.33. The van der Waals surface area contributed by atoms with Crippen LogP contribution in [0, 0.1) is 0 Å². The van der Waals surface area contributed by atoms with E-state index >= 15 is 0 Å². The van der Waals surface area contributed by atoms with E-state index < -0.39 is 0 Å². The van der Waals surface area contributed by atoms with Gasteiger partial charge < -0.3 is 15.1 Å². The summed E-state index contributed by atoms with van der Waals surface area (Å²) < 4.78 is 5.05. The van der Waals surface area contributed by atoms with Crippen LogP contribution in [0.1, 0.15) is 21.0 Å². The molecule has 0 aliphatic rings. The number of rotatable bonds is 5. The van der Waals surface area contributed by atoms with Crippen LogP contribution in [0.25, 0.3) is 10.6 Å². The predicted molar refractivity (Wildman–Crippen MR) is 109 cm³/mol. The molecule has 6 nitrogen and oxygen atoms in total. The van der Waals surface area contributed by atoms with Crippen molar-refractivity contribution in [1.29, 1.82) is 0 Å². The maximum atomic E-state index is 12.4. The van der Waals surface area contributed by atoms with Crippen molar-refractivity contribution in [2.45, 2.75) is 0 Å². The highest BCUT2D eigenvalue weighted by molar-refractivity contribution is 7.13. The lowest BCUT2D eigenvalue weighted by atomic mass is 10.2. The van der Waals surface area contributed by atoms with Gasteiger partial charge in [0.05, 0.1) is 6.26 Å². The number of hydrogen-bond donors (Lipinski definition) is 2. The van der Waals surface area contributed by atoms with Crippen molar-refractivity contribution in [3.05, 3.63) is 89.8 Å². The summed E-state index contributed by atoms with van der Waals surface area (Å²) in [5.41, 5.74) is 2.54. The second kappa shape index (κ2) is 7.89. The summed E-state index contributed by atoms with van der Waals surface area (Å²) in [4.78, 5) is 28.8. The lowest BCUT2D eigenvalue weighted by Crippen LogP contribution is -2.13. The van der Waals surface area contributed by atoms with Gasteiger partial charge in [-0.15, -0.1) is 11.3 Å². The van der Waals surface area contributed by atoms with Gasteiger partial charge in [-0.2, -0.15) is 0 Å². The third kappa shape index (κ3) is 3.99. The van der Waals surface area contributed by atoms with E-state index in [1.165, 1.54) is 17.6 Å². The van der Waals surface area contributed by atoms with Gasteiger partial charge in [0, 0.05) is 22.3 Å². The molecule has 0 saturated carbocycles. The summed E-state index contributed by atoms with van der Waals surface area (Å²) in [6, 6.07) is 19.8. The quantitative estimate of drug-likeness (QED) is 0.508. The van der Waals surface area contributed by atoms with E-state index in [1.807, 2.05) is 30.3 Å². The van der Waals surface area contributed by atoms with Gasteiger partial charge in [-0.05, 0) is 36.4 Å². The van der Waals surface area contributed by atoms with Gasteiger partial charge in [0.2, 0.25) is 0 Å². The van der Waals surface area contributed by atoms with E-state index in [-0.39, 0.29) is 17.6 Å². The molecule has 0 unspecified atom stereocenters. The summed E-state index contributed by atoms with van der Waals surface area (Å²) in [6.07, 6.45) is 1.44. The predicted octanol–water partition coefficient (Wildman–Crippen LogP) is 4.91. The fraction of sp³-hybridized carbons (Fsp3) is 0. The first-order valence-corrected chi connectivity index (χ1v) is 9.34. The highest BCUT2D eigenvalue weighted by Crippen LogP contribution is 2.24. The van der Waals surface area contributed by atoms with Crippen molar-refractivity contribution in [1.82, 2.24) is 4.98 Å². The van der Waals surface area contributed by atoms with Crippen LogP contribution in [0.3, 0.4) is 0 Å². The SMILES string of the molecule is O=C(Nc1ccc(NC(=O)c2ccco2)cc1)c1csc(-c2ccccc2)n1. The Bertz CT molecular complexity index is 1090. The Balaban J connectivity index is 1.40. The molecule has 2 aromatic carbocycles. The molecule has 2 N–H and O–H groups in total. The van der Waals surface area contributed by atoms with Gasteiger partial charge in [-0.25, -0.2) is 4.98 Å². The molecule has 2 aromatic heterocycles. The first-order valence-electron chi connectivity index (χ1n) is 8.46. The van der Waals surface area contributed by atoms with Gasteiger partial charge in [0.15, 0.2) is 5.76 Å². The Hall–Kier alpha value is -3.71. The minimum absolute atomic E-state index is 0.232. The molecule has 28 heavy (non-hydrogen) atoms. The standard InChI is InChI=1S/C21H15N3O3S/c25-19(17-13-28-21(24-17)14-5-2-1-3-6-14)22-15-8-10-16(11-9-15)23-20(26)18-7-4-12-27-18/h1-13H,(H,22,25)(H,23,26). The smallest absolute Gasteiger partial charge is 0.291 e. The number of nitrogens with one attached hydrogen (secondary N) is 2. The monoisotopic (exact) mass is 389 g/mol. The first kappa shape index (κ1) is 17.7. The molecule has 0 bridgehead atoms. The lowest BCUT2D eigenvalue weighted by molar-refractivity contribution is 0.0994. The van der Waals surface area contributed by atoms with Crippen LogP contribution in [-0.4, -0.2) is 16.8 Å². The zero-order valence-corrected chi connectivity index (χ0v) is 15.4. The Labute approximate surface area is 164 Å². The molecular weight excluding hydrogens is 374 g/mol. The van der Waals surface area contributed by atoms with Crippen molar-refractivity contribution < 1.29 is 14.0 Å². The van der Waals surface area contributed by atoms with Crippen molar-refractivity contribution in [3.63, 3.8) is 0 Å². The van der Waals surface area contributed by atoms with E-state index in [4.69, 9.17) is 4.42 Å². The number of hydrogen-bond acceptors (Lipinski definition) is 5. The largest absolute Gasteiger partial charge is 0.459 e. The van der Waals surface area contributed by atoms with Gasteiger partial charge in [-0.1, -0.05) is 30.3 Å². The molecule has 0 fully saturated rings. The normalized spacial score (nSPS) is 10.4. The minimum atomic E-state index is -0.335. The molecule has 4 aromatic rings. The van der Waals surface area contributed by atoms with E-state index in [0.717, 1.165) is 10.6 Å². The topological polar surface area (TPSA) is 84.2 Å². The van der Waals surface area contributed by atoms with Crippen LogP contribution in [0.2, 0.25) is 0 Å². The van der Waals surface area contributed by atoms with Crippen molar-refractivity contribution >= 4 is 34.5 Å². The van der Waals surface area contributed by atoms with Gasteiger partial charge in [-0.3, -0.25) is 9.59 Å². The second-order valence-electron chi connectivity index (χ2n) is 5.87. The van der Waals surface area contributed by atoms with E-state index in [1.54, 1.807) is 41.8 Å². The van der Waals surface area contributed by atoms with E-state index in [2.05, 4.69) is 15.6 Å². The molecule has 0 aliphatic carbocycles. The second-order valence-corrected chi connectivity index (χ2v) is 6.72. The highest BCUT2D eigenvalue weighted by Gasteiger charge is 2.13. The van der Waals surface area contributed by atoms with Gasteiger partial charge in [0.25, 0.3) is 11.8 Å². The number of benzene rings is 2. The summed E-state index contributed by atoms with van der Waals surface area (Å²) in [7, 11) is 0. The maximum absolute atomic E-state index is 12.4. The lowest BCUT2D eigenvalue weighted by Gasteiger charge is -2.06. The number of furan rings is 1. The van der Waals surface area contributed by atoms with E-state index in [9.17, 15) is 9.59 Å². The van der Waals surface area contributed by atoms with Crippen LogP contribution in [0.5, 0.6) is 0 Å². The first-order chi connectivity index (χ1) is 13.7. The number of aromatic nitrogens is 1. The number of amides is 2. The van der Waals surface area contributed by atoms with Crippen molar-refractivity contribution in [3.8, 4) is 10.6 Å². The molecule has 0 saturated heterocycles. The third-order valence-corrected chi connectivity index (χ3v) is 4.79. The Kier molecular flexibility index (Phi) is 4.99. The number of carbonyl (C=O) groups excluding carboxylic acids is 2. The van der Waals surface area contributed by atoms with Crippen molar-refractivity contribution in [2.75, 3.05) is 10.6 Å². The molecule has 0 atom stereocenters. The molecule has 0 spiro atoms. The third-order valence-electron chi connectivity index (χ3n) is 3.90. The molecule has 0 radical (unpaired) electrons. The van der Waals surface area contributed by atoms with Crippen LogP contribution in [-0.2, 0) is 0 Å². The maximum Gasteiger partial charge on any atom is 0.291 e. The van der Waals surface area contributed by atoms with Crippen LogP contribution in [0.15, 0.2) is 82.8 Å². The Morgan fingerprint density at radius 1 is 0.821 bits per heavy atom. The van der Waals surface area contributed by atoms with Crippen LogP contribution in [0.4, 0.5) is 11.4 Å². The van der Waals surface area contributed by atoms with Crippen LogP contribution < -0.4 is 10.6 Å². The van der Waals surface area contributed by atoms with Gasteiger partial charge in [0.1, 0.15) is 10.7 Å². The number of thiazole rings is 1. The van der Waals surface area contributed by atoms with Crippen molar-refractivity contribution in [2.24, 2.45) is 0 Å². The Morgan fingerprint density at radius 2 is 1.50 bits per heavy atom. The molecular formula is C21H15N3O3S. The van der Waals surface area contributed by atoms with Crippen LogP contribution >= 0.6 is 11.3 Å². The number of nitrogens with zero attached hydrogens (tertiary/aromatic N) is 1. The summed E-state index contributed by atoms with van der Waals surface area (Å²) in [5.74, 6) is -0.390. The summed E-state index contributed by atoms with van der Waals surface area (Å²) in [5, 5.41) is 8.05. The van der Waals surface area contributed by atoms with Gasteiger partial charge >= 0.3 is 0 Å². The molecule has 2 amide bonds. The number of anilines is 2. The average Bonchev–Trinajstić information content (AvgIpc) is 3.42. The molecule has 7 heteroatoms. The zero-order chi connectivity index (χ0) is 19.3. The molecule has 4 rings (SSSR count). The Morgan fingerprint density at radius 3 is 2.14 bits per heavy atom. The number of carbonyl (C=O) groups is 2. The average molecular weight is 389 g/mol. The van der Waals surface area contributed by atoms with E-state index in [0.29, 0.717) is 17.1 Å².